The van der Waals surface area contributed by atoms with Gasteiger partial charge in [0.2, 0.25) is 17.3 Å². The van der Waals surface area contributed by atoms with E-state index in [0.717, 1.165) is 16.3 Å². The van der Waals surface area contributed by atoms with E-state index >= 15 is 0 Å². The lowest BCUT2D eigenvalue weighted by molar-refractivity contribution is 0.101. The number of nitrogen functional groups attached to an aromatic ring is 1. The van der Waals surface area contributed by atoms with Gasteiger partial charge in [-0.2, -0.15) is 9.78 Å². The summed E-state index contributed by atoms with van der Waals surface area (Å²) in [7, 11) is 0. The van der Waals surface area contributed by atoms with Crippen LogP contribution in [0.3, 0.4) is 0 Å². The molecule has 0 aliphatic carbocycles. The third kappa shape index (κ3) is 11.3. The number of amides is 2. The molecule has 0 saturated heterocycles. The van der Waals surface area contributed by atoms with Crippen molar-refractivity contribution < 1.29 is 30.0 Å². The Morgan fingerprint density at radius 1 is 0.616 bits per heavy atom. The van der Waals surface area contributed by atoms with E-state index in [-0.39, 0.29) is 64.8 Å². The number of hydrogen-bond donors (Lipinski definition) is 7. The van der Waals surface area contributed by atoms with E-state index in [2.05, 4.69) is 55.6 Å². The number of anilines is 3. The Morgan fingerprint density at radius 2 is 1.14 bits per heavy atom. The third-order valence-corrected chi connectivity index (χ3v) is 10.8. The molecule has 20 heteroatoms. The standard InChI is InChI=1S/C27H19N7O3.C18H15NO3.C8H6N6/c1-28-22-11-14-34(27-29-12-4-13-30-27)25(22)33-32-23-20-6-3-2-5-18(20)15-21(24(23)36)26(37)31-19-9-7-17(16-35)8-10-19;20-11-12-5-7-15(8-6-12)19-18(22)16-9-13-3-1-2-4-14(13)10-17(16)21;1-10-6-5-13-14(7(6)9)8-11-3-2-4-12-8/h2-15,35-36H,16H2,(H,31,37);1-10,20-21H,11H2,(H,19,22);2-5H,9H2. The summed E-state index contributed by atoms with van der Waals surface area (Å²) in [5.41, 5.74) is 9.07. The second-order valence-corrected chi connectivity index (χ2v) is 15.4. The SMILES string of the molecule is O=C(Nc1ccc(CO)cc1)c1cc2ccccc2cc1O.[C-]#[N+]c1ccn(-c2ncccn2)c1N=Nc1c(O)c(C(=O)Nc2ccc(CO)cc2)cc2ccccc12.[C-]#[N+]c1cnn(-c2ncccn2)c1N. The molecule has 0 aliphatic rings. The quantitative estimate of drug-likeness (QED) is 0.0498. The summed E-state index contributed by atoms with van der Waals surface area (Å²) in [4.78, 5) is 48.4. The Kier molecular flexibility index (Phi) is 15.1. The molecule has 10 rings (SSSR count). The first-order valence-electron chi connectivity index (χ1n) is 21.8. The van der Waals surface area contributed by atoms with Crippen LogP contribution in [0, 0.1) is 13.1 Å². The van der Waals surface area contributed by atoms with Crippen molar-refractivity contribution in [3.63, 3.8) is 0 Å². The first-order chi connectivity index (χ1) is 35.6. The highest BCUT2D eigenvalue weighted by Crippen LogP contribution is 2.41. The third-order valence-electron chi connectivity index (χ3n) is 10.8. The van der Waals surface area contributed by atoms with E-state index < -0.39 is 5.91 Å². The van der Waals surface area contributed by atoms with E-state index in [0.29, 0.717) is 45.3 Å². The number of phenols is 2. The molecule has 0 fully saturated rings. The Labute approximate surface area is 415 Å². The van der Waals surface area contributed by atoms with Gasteiger partial charge in [-0.25, -0.2) is 29.6 Å². The number of aromatic nitrogens is 7. The summed E-state index contributed by atoms with van der Waals surface area (Å²) in [6, 6.07) is 38.0. The van der Waals surface area contributed by atoms with Crippen LogP contribution in [0.25, 0.3) is 43.1 Å². The van der Waals surface area contributed by atoms with Gasteiger partial charge in [0.25, 0.3) is 17.8 Å². The number of nitrogens with zero attached hydrogens (tertiary/aromatic N) is 11. The molecule has 0 spiro atoms. The maximum Gasteiger partial charge on any atom is 0.259 e. The van der Waals surface area contributed by atoms with Crippen LogP contribution in [0.4, 0.5) is 40.1 Å². The lowest BCUT2D eigenvalue weighted by Gasteiger charge is -2.11. The molecule has 0 aliphatic heterocycles. The smallest absolute Gasteiger partial charge is 0.259 e. The van der Waals surface area contributed by atoms with E-state index in [1.54, 1.807) is 134 Å². The van der Waals surface area contributed by atoms with Gasteiger partial charge in [0.05, 0.1) is 43.7 Å². The fourth-order valence-electron chi connectivity index (χ4n) is 7.06. The topological polar surface area (TPSA) is 273 Å². The molecular weight excluding hydrogens is 929 g/mol. The molecule has 73 heavy (non-hydrogen) atoms. The second kappa shape index (κ2) is 22.6. The minimum absolute atomic E-state index is 0.00561. The molecule has 0 unspecified atom stereocenters. The Balaban J connectivity index is 0.000000166. The summed E-state index contributed by atoms with van der Waals surface area (Å²) in [5, 5.41) is 60.4. The van der Waals surface area contributed by atoms with Crippen molar-refractivity contribution in [3.8, 4) is 23.4 Å². The number of aliphatic hydroxyl groups excluding tert-OH is 2. The van der Waals surface area contributed by atoms with Gasteiger partial charge in [-0.15, -0.1) is 10.2 Å². The number of aromatic hydroxyl groups is 2. The van der Waals surface area contributed by atoms with Gasteiger partial charge in [0.15, 0.2) is 11.6 Å². The van der Waals surface area contributed by atoms with Crippen LogP contribution >= 0.6 is 0 Å². The van der Waals surface area contributed by atoms with E-state index in [1.165, 1.54) is 15.4 Å². The van der Waals surface area contributed by atoms with E-state index in [4.69, 9.17) is 24.0 Å². The van der Waals surface area contributed by atoms with Crippen molar-refractivity contribution >= 4 is 73.4 Å². The van der Waals surface area contributed by atoms with Gasteiger partial charge in [0, 0.05) is 47.7 Å². The normalized spacial score (nSPS) is 10.6. The lowest BCUT2D eigenvalue weighted by atomic mass is 10.0. The second-order valence-electron chi connectivity index (χ2n) is 15.4. The van der Waals surface area contributed by atoms with Crippen molar-refractivity contribution in [1.29, 1.82) is 0 Å². The molecule has 0 bridgehead atoms. The van der Waals surface area contributed by atoms with Crippen molar-refractivity contribution in [2.75, 3.05) is 16.4 Å². The van der Waals surface area contributed by atoms with Gasteiger partial charge in [0.1, 0.15) is 17.3 Å². The van der Waals surface area contributed by atoms with E-state index in [9.17, 15) is 24.9 Å². The van der Waals surface area contributed by atoms with Crippen molar-refractivity contribution in [3.05, 3.63) is 216 Å². The molecule has 4 heterocycles. The zero-order valence-electron chi connectivity index (χ0n) is 38.2. The molecule has 4 aromatic heterocycles. The molecule has 6 aromatic carbocycles. The number of fused-ring (bicyclic) bond motifs is 2. The Hall–Kier alpha value is -10.7. The fraction of sp³-hybridized carbons (Fsp3) is 0.0377. The molecule has 358 valence electrons. The largest absolute Gasteiger partial charge is 0.507 e. The molecule has 0 saturated carbocycles. The summed E-state index contributed by atoms with van der Waals surface area (Å²) < 4.78 is 2.84. The van der Waals surface area contributed by atoms with Crippen LogP contribution in [0.15, 0.2) is 181 Å². The van der Waals surface area contributed by atoms with Crippen LogP contribution in [0.5, 0.6) is 11.5 Å². The number of hydrogen-bond acceptors (Lipinski definition) is 14. The van der Waals surface area contributed by atoms with E-state index in [1.807, 2.05) is 30.3 Å². The zero-order valence-corrected chi connectivity index (χ0v) is 38.2. The minimum atomic E-state index is -0.542. The lowest BCUT2D eigenvalue weighted by Crippen LogP contribution is -2.12. The molecule has 2 amide bonds. The number of phenolic OH excluding ortho intramolecular Hbond substituents is 2. The monoisotopic (exact) mass is 968 g/mol. The maximum atomic E-state index is 13.1. The van der Waals surface area contributed by atoms with Gasteiger partial charge >= 0.3 is 0 Å². The van der Waals surface area contributed by atoms with Crippen molar-refractivity contribution in [2.45, 2.75) is 13.2 Å². The number of aliphatic hydroxyl groups is 2. The minimum Gasteiger partial charge on any atom is -0.507 e. The van der Waals surface area contributed by atoms with Gasteiger partial charge in [-0.05, 0) is 87.9 Å². The summed E-state index contributed by atoms with van der Waals surface area (Å²) in [6.07, 6.45) is 9.31. The predicted molar refractivity (Wildman–Crippen MR) is 273 cm³/mol. The van der Waals surface area contributed by atoms with Crippen LogP contribution in [-0.2, 0) is 13.2 Å². The number of carbonyl (C=O) groups excluding carboxylic acids is 2. The molecule has 10 aromatic rings. The highest BCUT2D eigenvalue weighted by atomic mass is 16.3. The van der Waals surface area contributed by atoms with Crippen molar-refractivity contribution in [2.24, 2.45) is 10.2 Å². The van der Waals surface area contributed by atoms with Gasteiger partial charge in [-0.3, -0.25) is 14.2 Å². The Morgan fingerprint density at radius 3 is 1.70 bits per heavy atom. The zero-order chi connectivity index (χ0) is 51.3. The summed E-state index contributed by atoms with van der Waals surface area (Å²) in [5.74, 6) is -0.219. The van der Waals surface area contributed by atoms with Gasteiger partial charge in [-0.1, -0.05) is 72.8 Å². The average Bonchev–Trinajstić information content (AvgIpc) is 4.03. The predicted octanol–water partition coefficient (Wildman–Crippen LogP) is 9.92. The van der Waals surface area contributed by atoms with Crippen LogP contribution in [-0.4, -0.2) is 66.5 Å². The number of carbonyl (C=O) groups is 2. The molecule has 8 N–H and O–H groups in total. The molecule has 20 nitrogen and oxygen atoms in total. The molecular formula is C53H40N14O6. The average molecular weight is 969 g/mol. The van der Waals surface area contributed by atoms with Crippen LogP contribution in [0.1, 0.15) is 31.8 Å². The number of benzene rings is 6. The number of nitrogens with two attached hydrogens (primary N) is 1. The maximum absolute atomic E-state index is 13.1. The first-order valence-corrected chi connectivity index (χ1v) is 21.8. The number of azo groups is 1. The van der Waals surface area contributed by atoms with Crippen LogP contribution in [0.2, 0.25) is 0 Å². The first kappa shape index (κ1) is 48.8. The highest BCUT2D eigenvalue weighted by molar-refractivity contribution is 6.12. The molecule has 0 atom stereocenters. The fourth-order valence-corrected chi connectivity index (χ4v) is 7.06. The summed E-state index contributed by atoms with van der Waals surface area (Å²) >= 11 is 0. The highest BCUT2D eigenvalue weighted by Gasteiger charge is 2.20. The summed E-state index contributed by atoms with van der Waals surface area (Å²) in [6.45, 7) is 14.2. The Bertz CT molecular complexity index is 3700. The number of nitrogens with one attached hydrogen (secondary N) is 2. The molecule has 0 radical (unpaired) electrons. The van der Waals surface area contributed by atoms with Crippen molar-refractivity contribution in [1.82, 2.24) is 34.3 Å². The number of rotatable bonds is 10. The van der Waals surface area contributed by atoms with Crippen LogP contribution < -0.4 is 16.4 Å². The van der Waals surface area contributed by atoms with Gasteiger partial charge < -0.3 is 36.8 Å².